The molecule has 4 nitrogen and oxygen atoms in total. The molecule has 0 aliphatic heterocycles. The molecule has 20 heavy (non-hydrogen) atoms. The van der Waals surface area contributed by atoms with E-state index in [4.69, 9.17) is 9.47 Å². The maximum atomic E-state index is 10.7. The molecule has 1 saturated carbocycles. The molecule has 1 aliphatic carbocycles. The highest BCUT2D eigenvalue weighted by molar-refractivity contribution is 4.93. The van der Waals surface area contributed by atoms with Crippen LogP contribution in [0.3, 0.4) is 0 Å². The van der Waals surface area contributed by atoms with Crippen molar-refractivity contribution in [2.75, 3.05) is 39.5 Å². The molecule has 0 bridgehead atoms. The van der Waals surface area contributed by atoms with Crippen LogP contribution >= 0.6 is 0 Å². The topological polar surface area (TPSA) is 41.9 Å². The summed E-state index contributed by atoms with van der Waals surface area (Å²) < 4.78 is 11.0. The van der Waals surface area contributed by atoms with Crippen LogP contribution in [-0.4, -0.2) is 61.7 Å². The zero-order chi connectivity index (χ0) is 15.0. The van der Waals surface area contributed by atoms with Crippen molar-refractivity contribution in [3.05, 3.63) is 0 Å². The van der Waals surface area contributed by atoms with Gasteiger partial charge >= 0.3 is 0 Å². The van der Waals surface area contributed by atoms with E-state index in [1.165, 1.54) is 6.42 Å². The average molecular weight is 287 g/mol. The minimum atomic E-state index is -0.264. The van der Waals surface area contributed by atoms with Gasteiger partial charge in [-0.3, -0.25) is 4.90 Å². The molecule has 0 spiro atoms. The molecular weight excluding hydrogens is 254 g/mol. The Labute approximate surface area is 124 Å². The fourth-order valence-electron chi connectivity index (χ4n) is 3.07. The molecule has 1 fully saturated rings. The predicted molar refractivity (Wildman–Crippen MR) is 82.0 cm³/mol. The third-order valence-electron chi connectivity index (χ3n) is 4.41. The highest BCUT2D eigenvalue weighted by Crippen LogP contribution is 2.37. The van der Waals surface area contributed by atoms with Crippen molar-refractivity contribution >= 4 is 0 Å². The summed E-state index contributed by atoms with van der Waals surface area (Å²) in [5.41, 5.74) is 0.0123. The summed E-state index contributed by atoms with van der Waals surface area (Å²) in [6, 6.07) is 0.236. The largest absolute Gasteiger partial charge is 0.391 e. The van der Waals surface area contributed by atoms with Crippen molar-refractivity contribution in [1.29, 1.82) is 0 Å². The number of hydrogen-bond acceptors (Lipinski definition) is 4. The standard InChI is InChI=1S/C16H33NO3/c1-5-19-12-10-17(11-13-20-6-2)14-8-7-9-16(3,4)15(14)18/h14-15,18H,5-13H2,1-4H3. The van der Waals surface area contributed by atoms with E-state index in [0.29, 0.717) is 0 Å². The van der Waals surface area contributed by atoms with Crippen molar-refractivity contribution in [3.63, 3.8) is 0 Å². The SMILES string of the molecule is CCOCCN(CCOCC)C1CCCC(C)(C)C1O. The zero-order valence-electron chi connectivity index (χ0n) is 13.7. The number of rotatable bonds is 9. The molecule has 0 heterocycles. The van der Waals surface area contributed by atoms with Gasteiger partial charge in [-0.2, -0.15) is 0 Å². The highest BCUT2D eigenvalue weighted by Gasteiger charge is 2.40. The van der Waals surface area contributed by atoms with Gasteiger partial charge in [0.25, 0.3) is 0 Å². The Morgan fingerprint density at radius 1 is 1.10 bits per heavy atom. The first-order valence-electron chi connectivity index (χ1n) is 8.10. The fraction of sp³-hybridized carbons (Fsp3) is 1.00. The lowest BCUT2D eigenvalue weighted by Gasteiger charge is -2.45. The van der Waals surface area contributed by atoms with Gasteiger partial charge in [0.1, 0.15) is 0 Å². The van der Waals surface area contributed by atoms with Gasteiger partial charge in [0, 0.05) is 32.3 Å². The van der Waals surface area contributed by atoms with Crippen molar-refractivity contribution in [2.24, 2.45) is 5.41 Å². The van der Waals surface area contributed by atoms with Crippen molar-refractivity contribution in [3.8, 4) is 0 Å². The monoisotopic (exact) mass is 287 g/mol. The first-order chi connectivity index (χ1) is 9.53. The molecule has 1 N–H and O–H groups in total. The Bertz CT molecular complexity index is 248. The molecule has 0 radical (unpaired) electrons. The Balaban J connectivity index is 2.59. The van der Waals surface area contributed by atoms with Crippen LogP contribution in [0.1, 0.15) is 47.0 Å². The minimum Gasteiger partial charge on any atom is -0.391 e. The Hall–Kier alpha value is -0.160. The van der Waals surface area contributed by atoms with E-state index in [1.807, 2.05) is 13.8 Å². The highest BCUT2D eigenvalue weighted by atomic mass is 16.5. The van der Waals surface area contributed by atoms with E-state index >= 15 is 0 Å². The van der Waals surface area contributed by atoms with Crippen molar-refractivity contribution in [2.45, 2.75) is 59.1 Å². The summed E-state index contributed by atoms with van der Waals surface area (Å²) in [5.74, 6) is 0. The molecule has 4 heteroatoms. The van der Waals surface area contributed by atoms with Crippen LogP contribution in [0, 0.1) is 5.41 Å². The van der Waals surface area contributed by atoms with E-state index in [9.17, 15) is 5.11 Å². The maximum absolute atomic E-state index is 10.7. The van der Waals surface area contributed by atoms with Crippen LogP contribution < -0.4 is 0 Å². The number of hydrogen-bond donors (Lipinski definition) is 1. The minimum absolute atomic E-state index is 0.0123. The predicted octanol–water partition coefficient (Wildman–Crippen LogP) is 2.30. The van der Waals surface area contributed by atoms with Gasteiger partial charge in [-0.1, -0.05) is 20.3 Å². The molecule has 0 amide bonds. The quantitative estimate of drug-likeness (QED) is 0.661. The number of ether oxygens (including phenoxy) is 2. The smallest absolute Gasteiger partial charge is 0.0746 e. The van der Waals surface area contributed by atoms with Crippen molar-refractivity contribution < 1.29 is 14.6 Å². The average Bonchev–Trinajstić information content (AvgIpc) is 2.41. The number of aliphatic hydroxyl groups excluding tert-OH is 1. The van der Waals surface area contributed by atoms with Crippen LogP contribution in [0.5, 0.6) is 0 Å². The third kappa shape index (κ3) is 5.32. The summed E-state index contributed by atoms with van der Waals surface area (Å²) in [4.78, 5) is 2.36. The van der Waals surface area contributed by atoms with E-state index in [2.05, 4.69) is 18.7 Å². The Morgan fingerprint density at radius 2 is 1.65 bits per heavy atom. The number of nitrogens with zero attached hydrogens (tertiary/aromatic N) is 1. The summed E-state index contributed by atoms with van der Waals surface area (Å²) >= 11 is 0. The normalized spacial score (nSPS) is 26.1. The van der Waals surface area contributed by atoms with Crippen LogP contribution in [0.4, 0.5) is 0 Å². The van der Waals surface area contributed by atoms with Gasteiger partial charge in [0.2, 0.25) is 0 Å². The molecule has 120 valence electrons. The third-order valence-corrected chi connectivity index (χ3v) is 4.41. The second kappa shape index (κ2) is 8.98. The van der Waals surface area contributed by atoms with E-state index in [0.717, 1.165) is 52.4 Å². The fourth-order valence-corrected chi connectivity index (χ4v) is 3.07. The maximum Gasteiger partial charge on any atom is 0.0746 e. The molecule has 1 rings (SSSR count). The number of aliphatic hydroxyl groups is 1. The Morgan fingerprint density at radius 3 is 2.15 bits per heavy atom. The van der Waals surface area contributed by atoms with Gasteiger partial charge < -0.3 is 14.6 Å². The first kappa shape index (κ1) is 17.9. The second-order valence-corrected chi connectivity index (χ2v) is 6.32. The van der Waals surface area contributed by atoms with Gasteiger partial charge in [-0.05, 0) is 32.1 Å². The summed E-state index contributed by atoms with van der Waals surface area (Å²) in [6.07, 6.45) is 3.10. The van der Waals surface area contributed by atoms with E-state index in [-0.39, 0.29) is 17.6 Å². The molecule has 1 aliphatic rings. The molecular formula is C16H33NO3. The lowest BCUT2D eigenvalue weighted by atomic mass is 9.72. The molecule has 0 aromatic carbocycles. The van der Waals surface area contributed by atoms with Crippen LogP contribution in [0.15, 0.2) is 0 Å². The first-order valence-corrected chi connectivity index (χ1v) is 8.10. The Kier molecular flexibility index (Phi) is 8.03. The van der Waals surface area contributed by atoms with Gasteiger partial charge in [-0.15, -0.1) is 0 Å². The van der Waals surface area contributed by atoms with E-state index < -0.39 is 0 Å². The van der Waals surface area contributed by atoms with Crippen LogP contribution in [-0.2, 0) is 9.47 Å². The van der Waals surface area contributed by atoms with Crippen LogP contribution in [0.25, 0.3) is 0 Å². The summed E-state index contributed by atoms with van der Waals surface area (Å²) in [6.45, 7) is 13.1. The van der Waals surface area contributed by atoms with Crippen molar-refractivity contribution in [1.82, 2.24) is 4.90 Å². The molecule has 0 aromatic rings. The summed E-state index contributed by atoms with van der Waals surface area (Å²) in [5, 5.41) is 10.7. The second-order valence-electron chi connectivity index (χ2n) is 6.32. The summed E-state index contributed by atoms with van der Waals surface area (Å²) in [7, 11) is 0. The van der Waals surface area contributed by atoms with Crippen LogP contribution in [0.2, 0.25) is 0 Å². The van der Waals surface area contributed by atoms with Gasteiger partial charge in [-0.25, -0.2) is 0 Å². The van der Waals surface area contributed by atoms with E-state index in [1.54, 1.807) is 0 Å². The zero-order valence-corrected chi connectivity index (χ0v) is 13.7. The molecule has 0 saturated heterocycles. The molecule has 2 unspecified atom stereocenters. The lowest BCUT2D eigenvalue weighted by Crippen LogP contribution is -2.54. The van der Waals surface area contributed by atoms with Gasteiger partial charge in [0.05, 0.1) is 19.3 Å². The molecule has 2 atom stereocenters. The molecule has 0 aromatic heterocycles. The lowest BCUT2D eigenvalue weighted by molar-refractivity contribution is -0.0675. The van der Waals surface area contributed by atoms with Gasteiger partial charge in [0.15, 0.2) is 0 Å².